The highest BCUT2D eigenvalue weighted by atomic mass is 79.9. The van der Waals surface area contributed by atoms with Gasteiger partial charge < -0.3 is 5.32 Å². The lowest BCUT2D eigenvalue weighted by atomic mass is 10.1. The number of rotatable bonds is 6. The quantitative estimate of drug-likeness (QED) is 0.699. The van der Waals surface area contributed by atoms with Gasteiger partial charge in [-0.15, -0.1) is 0 Å². The molecular weight excluding hydrogens is 330 g/mol. The van der Waals surface area contributed by atoms with E-state index in [1.54, 1.807) is 0 Å². The summed E-state index contributed by atoms with van der Waals surface area (Å²) in [5, 5.41) is 3.49. The van der Waals surface area contributed by atoms with Crippen LogP contribution in [0.4, 0.5) is 0 Å². The molecule has 2 aromatic carbocycles. The molecule has 0 aliphatic rings. The van der Waals surface area contributed by atoms with E-state index in [0.29, 0.717) is 0 Å². The molecule has 0 saturated heterocycles. The lowest BCUT2D eigenvalue weighted by molar-refractivity contribution is 0.669. The first kappa shape index (κ1) is 15.6. The van der Waals surface area contributed by atoms with E-state index in [-0.39, 0.29) is 0 Å². The van der Waals surface area contributed by atoms with Gasteiger partial charge in [-0.25, -0.2) is 0 Å². The van der Waals surface area contributed by atoms with Gasteiger partial charge in [-0.1, -0.05) is 48.5 Å². The van der Waals surface area contributed by atoms with Crippen LogP contribution in [0.25, 0.3) is 0 Å². The van der Waals surface area contributed by atoms with E-state index >= 15 is 0 Å². The van der Waals surface area contributed by atoms with Crippen molar-refractivity contribution in [3.05, 3.63) is 58.1 Å². The predicted octanol–water partition coefficient (Wildman–Crippen LogP) is 5.41. The van der Waals surface area contributed by atoms with Gasteiger partial charge in [0.2, 0.25) is 0 Å². The molecule has 20 heavy (non-hydrogen) atoms. The third-order valence-corrected chi connectivity index (χ3v) is 5.16. The molecule has 0 aliphatic carbocycles. The van der Waals surface area contributed by atoms with Gasteiger partial charge in [0.05, 0.1) is 0 Å². The first-order valence-corrected chi connectivity index (χ1v) is 8.54. The lowest BCUT2D eigenvalue weighted by Crippen LogP contribution is -2.14. The standard InChI is InChI=1S/C17H20BrNS/c1-3-10-19-12-14-11-13(2)8-9-16(14)20-17-7-5-4-6-15(17)18/h4-9,11,19H,3,10,12H2,1-2H3. The summed E-state index contributed by atoms with van der Waals surface area (Å²) < 4.78 is 1.15. The van der Waals surface area contributed by atoms with Gasteiger partial charge in [-0.05, 0) is 59.6 Å². The second kappa shape index (κ2) is 7.87. The zero-order valence-corrected chi connectivity index (χ0v) is 14.4. The second-order valence-electron chi connectivity index (χ2n) is 4.82. The zero-order chi connectivity index (χ0) is 14.4. The van der Waals surface area contributed by atoms with E-state index in [4.69, 9.17) is 0 Å². The van der Waals surface area contributed by atoms with Crippen molar-refractivity contribution in [3.8, 4) is 0 Å². The number of aryl methyl sites for hydroxylation is 1. The van der Waals surface area contributed by atoms with E-state index in [9.17, 15) is 0 Å². The topological polar surface area (TPSA) is 12.0 Å². The Morgan fingerprint density at radius 3 is 2.65 bits per heavy atom. The zero-order valence-electron chi connectivity index (χ0n) is 11.9. The van der Waals surface area contributed by atoms with Crippen molar-refractivity contribution in [2.45, 2.75) is 36.6 Å². The van der Waals surface area contributed by atoms with Gasteiger partial charge in [-0.2, -0.15) is 0 Å². The van der Waals surface area contributed by atoms with Crippen LogP contribution in [0.2, 0.25) is 0 Å². The van der Waals surface area contributed by atoms with Crippen molar-refractivity contribution >= 4 is 27.7 Å². The molecular formula is C17H20BrNS. The third-order valence-electron chi connectivity index (χ3n) is 3.01. The Bertz CT molecular complexity index is 569. The Morgan fingerprint density at radius 1 is 1.10 bits per heavy atom. The van der Waals surface area contributed by atoms with E-state index in [0.717, 1.165) is 17.6 Å². The molecule has 2 aromatic rings. The molecule has 0 aromatic heterocycles. The molecule has 0 atom stereocenters. The van der Waals surface area contributed by atoms with E-state index < -0.39 is 0 Å². The molecule has 0 bridgehead atoms. The summed E-state index contributed by atoms with van der Waals surface area (Å²) in [7, 11) is 0. The van der Waals surface area contributed by atoms with Gasteiger partial charge in [0.15, 0.2) is 0 Å². The average Bonchev–Trinajstić information content (AvgIpc) is 2.44. The monoisotopic (exact) mass is 349 g/mol. The predicted molar refractivity (Wildman–Crippen MR) is 91.4 cm³/mol. The molecule has 0 fully saturated rings. The molecule has 0 spiro atoms. The number of hydrogen-bond acceptors (Lipinski definition) is 2. The smallest absolute Gasteiger partial charge is 0.0314 e. The van der Waals surface area contributed by atoms with E-state index in [2.05, 4.69) is 71.5 Å². The van der Waals surface area contributed by atoms with Gasteiger partial charge in [0, 0.05) is 20.8 Å². The first-order chi connectivity index (χ1) is 9.70. The van der Waals surface area contributed by atoms with Crippen LogP contribution in [0.15, 0.2) is 56.7 Å². The van der Waals surface area contributed by atoms with Crippen LogP contribution < -0.4 is 5.32 Å². The largest absolute Gasteiger partial charge is 0.313 e. The Hall–Kier alpha value is -0.770. The van der Waals surface area contributed by atoms with Gasteiger partial charge in [-0.3, -0.25) is 0 Å². The maximum atomic E-state index is 3.62. The van der Waals surface area contributed by atoms with Crippen molar-refractivity contribution in [1.29, 1.82) is 0 Å². The SMILES string of the molecule is CCCNCc1cc(C)ccc1Sc1ccccc1Br. The van der Waals surface area contributed by atoms with Crippen molar-refractivity contribution in [2.24, 2.45) is 0 Å². The van der Waals surface area contributed by atoms with Crippen LogP contribution in [0.1, 0.15) is 24.5 Å². The fourth-order valence-electron chi connectivity index (χ4n) is 1.99. The van der Waals surface area contributed by atoms with Crippen molar-refractivity contribution in [1.82, 2.24) is 5.32 Å². The van der Waals surface area contributed by atoms with Crippen LogP contribution in [-0.4, -0.2) is 6.54 Å². The maximum Gasteiger partial charge on any atom is 0.0314 e. The molecule has 0 amide bonds. The number of benzene rings is 2. The number of halogens is 1. The Morgan fingerprint density at radius 2 is 1.90 bits per heavy atom. The molecule has 0 saturated carbocycles. The highest BCUT2D eigenvalue weighted by Crippen LogP contribution is 2.35. The van der Waals surface area contributed by atoms with Crippen molar-refractivity contribution < 1.29 is 0 Å². The molecule has 0 unspecified atom stereocenters. The lowest BCUT2D eigenvalue weighted by Gasteiger charge is -2.12. The molecule has 0 heterocycles. The maximum absolute atomic E-state index is 3.62. The second-order valence-corrected chi connectivity index (χ2v) is 6.76. The molecule has 3 heteroatoms. The van der Waals surface area contributed by atoms with Crippen LogP contribution >= 0.6 is 27.7 Å². The molecule has 1 N–H and O–H groups in total. The Kier molecular flexibility index (Phi) is 6.14. The summed E-state index contributed by atoms with van der Waals surface area (Å²) in [5.74, 6) is 0. The van der Waals surface area contributed by atoms with Crippen LogP contribution in [0, 0.1) is 6.92 Å². The summed E-state index contributed by atoms with van der Waals surface area (Å²) >= 11 is 5.44. The van der Waals surface area contributed by atoms with Crippen LogP contribution in [0.3, 0.4) is 0 Å². The van der Waals surface area contributed by atoms with E-state index in [1.807, 2.05) is 17.8 Å². The van der Waals surface area contributed by atoms with Crippen molar-refractivity contribution in [3.63, 3.8) is 0 Å². The van der Waals surface area contributed by atoms with E-state index in [1.165, 1.54) is 27.3 Å². The number of nitrogens with one attached hydrogen (secondary N) is 1. The summed E-state index contributed by atoms with van der Waals surface area (Å²) in [5.41, 5.74) is 2.69. The molecule has 0 aliphatic heterocycles. The fraction of sp³-hybridized carbons (Fsp3) is 0.294. The fourth-order valence-corrected chi connectivity index (χ4v) is 3.47. The average molecular weight is 350 g/mol. The summed E-state index contributed by atoms with van der Waals surface area (Å²) in [4.78, 5) is 2.58. The molecule has 1 nitrogen and oxygen atoms in total. The summed E-state index contributed by atoms with van der Waals surface area (Å²) in [6, 6.07) is 15.1. The Balaban J connectivity index is 2.20. The normalized spacial score (nSPS) is 10.8. The van der Waals surface area contributed by atoms with Gasteiger partial charge in [0.25, 0.3) is 0 Å². The highest BCUT2D eigenvalue weighted by Gasteiger charge is 2.07. The first-order valence-electron chi connectivity index (χ1n) is 6.93. The minimum absolute atomic E-state index is 0.933. The van der Waals surface area contributed by atoms with Crippen molar-refractivity contribution in [2.75, 3.05) is 6.54 Å². The minimum Gasteiger partial charge on any atom is -0.313 e. The van der Waals surface area contributed by atoms with Gasteiger partial charge >= 0.3 is 0 Å². The summed E-state index contributed by atoms with van der Waals surface area (Å²) in [6.07, 6.45) is 1.17. The Labute approximate surface area is 134 Å². The minimum atomic E-state index is 0.933. The molecule has 106 valence electrons. The summed E-state index contributed by atoms with van der Waals surface area (Å²) in [6.45, 7) is 6.34. The van der Waals surface area contributed by atoms with Crippen LogP contribution in [0.5, 0.6) is 0 Å². The number of hydrogen-bond donors (Lipinski definition) is 1. The molecule has 2 rings (SSSR count). The molecule has 0 radical (unpaired) electrons. The third kappa shape index (κ3) is 4.37. The van der Waals surface area contributed by atoms with Crippen LogP contribution in [-0.2, 0) is 6.54 Å². The highest BCUT2D eigenvalue weighted by molar-refractivity contribution is 9.10. The van der Waals surface area contributed by atoms with Gasteiger partial charge in [0.1, 0.15) is 0 Å².